The molecule has 1 aromatic heterocycles. The standard InChI is InChI=1S/C20H14O2.C20H12O.CH4/c21-17-11-9-13-5-1-3-7-15(13)19(17)20-16-8-4-2-6-14(16)10-12-18(20)22;1-3-7-15-13(5-1)9-11-17-19(15)20-16-8-4-2-6-14(16)10-12-18(20)21-17;/h1-12,21-22H;1-12H;1H4. The highest BCUT2D eigenvalue weighted by Gasteiger charge is 2.16. The second kappa shape index (κ2) is 10.8. The van der Waals surface area contributed by atoms with Gasteiger partial charge < -0.3 is 14.6 Å². The predicted octanol–water partition coefficient (Wildman–Crippen LogP) is 11.6. The van der Waals surface area contributed by atoms with Gasteiger partial charge in [0.25, 0.3) is 0 Å². The van der Waals surface area contributed by atoms with Crippen molar-refractivity contribution in [3.8, 4) is 22.6 Å². The zero-order chi connectivity index (χ0) is 28.9. The van der Waals surface area contributed by atoms with Crippen LogP contribution in [0.25, 0.3) is 76.2 Å². The normalized spacial score (nSPS) is 11.2. The lowest BCUT2D eigenvalue weighted by Crippen LogP contribution is -1.86. The van der Waals surface area contributed by atoms with Crippen LogP contribution in [0.5, 0.6) is 11.5 Å². The third-order valence-electron chi connectivity index (χ3n) is 8.32. The molecule has 0 unspecified atom stereocenters. The Kier molecular flexibility index (Phi) is 6.64. The molecule has 0 spiro atoms. The fourth-order valence-corrected chi connectivity index (χ4v) is 6.35. The number of phenolic OH excluding ortho intramolecular Hbond substituents is 2. The van der Waals surface area contributed by atoms with E-state index < -0.39 is 0 Å². The van der Waals surface area contributed by atoms with Crippen LogP contribution in [0.15, 0.2) is 150 Å². The van der Waals surface area contributed by atoms with E-state index in [0.717, 1.165) is 32.7 Å². The number of furan rings is 1. The molecular weight excluding hydrogens is 540 g/mol. The van der Waals surface area contributed by atoms with Crippen molar-refractivity contribution in [2.75, 3.05) is 0 Å². The number of fused-ring (bicyclic) bond motifs is 9. The van der Waals surface area contributed by atoms with Crippen LogP contribution in [-0.4, -0.2) is 10.2 Å². The van der Waals surface area contributed by atoms with Crippen LogP contribution in [0.3, 0.4) is 0 Å². The first-order valence-electron chi connectivity index (χ1n) is 14.3. The summed E-state index contributed by atoms with van der Waals surface area (Å²) < 4.78 is 6.07. The van der Waals surface area contributed by atoms with E-state index in [1.165, 1.54) is 32.3 Å². The fraction of sp³-hybridized carbons (Fsp3) is 0.0244. The molecule has 0 saturated carbocycles. The highest BCUT2D eigenvalue weighted by Crippen LogP contribution is 2.44. The SMILES string of the molecule is C.Oc1ccc2ccccc2c1-c1c(O)ccc2ccccc12.c1ccc2c(c1)ccc1oc3ccc4ccccc4c3c12. The first-order chi connectivity index (χ1) is 21.2. The van der Waals surface area contributed by atoms with Gasteiger partial charge in [0.05, 0.1) is 0 Å². The maximum Gasteiger partial charge on any atom is 0.136 e. The minimum Gasteiger partial charge on any atom is -0.507 e. The Hall–Kier alpha value is -5.80. The van der Waals surface area contributed by atoms with Crippen molar-refractivity contribution < 1.29 is 14.6 Å². The maximum atomic E-state index is 10.4. The van der Waals surface area contributed by atoms with E-state index >= 15 is 0 Å². The molecule has 0 amide bonds. The van der Waals surface area contributed by atoms with E-state index in [2.05, 4.69) is 72.8 Å². The first-order valence-corrected chi connectivity index (χ1v) is 14.3. The van der Waals surface area contributed by atoms with Gasteiger partial charge in [0.2, 0.25) is 0 Å². The quantitative estimate of drug-likeness (QED) is 0.206. The number of phenols is 2. The third kappa shape index (κ3) is 4.29. The Morgan fingerprint density at radius 1 is 0.341 bits per heavy atom. The smallest absolute Gasteiger partial charge is 0.136 e. The van der Waals surface area contributed by atoms with Crippen molar-refractivity contribution in [1.82, 2.24) is 0 Å². The number of aromatic hydroxyl groups is 2. The molecule has 0 aliphatic heterocycles. The summed E-state index contributed by atoms with van der Waals surface area (Å²) in [4.78, 5) is 0. The van der Waals surface area contributed by atoms with E-state index in [1.54, 1.807) is 12.1 Å². The summed E-state index contributed by atoms with van der Waals surface area (Å²) in [5, 5.41) is 32.2. The minimum absolute atomic E-state index is 0. The highest BCUT2D eigenvalue weighted by atomic mass is 16.3. The van der Waals surface area contributed by atoms with Gasteiger partial charge in [-0.25, -0.2) is 0 Å². The largest absolute Gasteiger partial charge is 0.507 e. The van der Waals surface area contributed by atoms with Gasteiger partial charge in [0.15, 0.2) is 0 Å². The van der Waals surface area contributed by atoms with Crippen LogP contribution in [0.1, 0.15) is 7.43 Å². The molecule has 0 aliphatic rings. The van der Waals surface area contributed by atoms with Crippen LogP contribution >= 0.6 is 0 Å². The van der Waals surface area contributed by atoms with Gasteiger partial charge in [-0.2, -0.15) is 0 Å². The van der Waals surface area contributed by atoms with Crippen LogP contribution in [0, 0.1) is 0 Å². The Balaban J connectivity index is 0.000000139. The summed E-state index contributed by atoms with van der Waals surface area (Å²) in [5.74, 6) is 0.343. The second-order valence-electron chi connectivity index (χ2n) is 10.8. The summed E-state index contributed by atoms with van der Waals surface area (Å²) in [7, 11) is 0. The number of benzene rings is 8. The molecule has 3 nitrogen and oxygen atoms in total. The number of rotatable bonds is 1. The molecule has 2 N–H and O–H groups in total. The lowest BCUT2D eigenvalue weighted by Gasteiger charge is -2.14. The summed E-state index contributed by atoms with van der Waals surface area (Å²) >= 11 is 0. The van der Waals surface area contributed by atoms with Gasteiger partial charge in [-0.05, 0) is 67.4 Å². The van der Waals surface area contributed by atoms with E-state index in [-0.39, 0.29) is 18.9 Å². The van der Waals surface area contributed by atoms with Gasteiger partial charge in [0, 0.05) is 21.9 Å². The van der Waals surface area contributed by atoms with Crippen LogP contribution < -0.4 is 0 Å². The van der Waals surface area contributed by atoms with Crippen molar-refractivity contribution in [2.45, 2.75) is 7.43 Å². The van der Waals surface area contributed by atoms with E-state index in [4.69, 9.17) is 4.42 Å². The van der Waals surface area contributed by atoms with Gasteiger partial charge >= 0.3 is 0 Å². The molecule has 1 heterocycles. The third-order valence-corrected chi connectivity index (χ3v) is 8.32. The van der Waals surface area contributed by atoms with Crippen LogP contribution in [-0.2, 0) is 0 Å². The summed E-state index contributed by atoms with van der Waals surface area (Å²) in [5.41, 5.74) is 3.26. The molecule has 44 heavy (non-hydrogen) atoms. The predicted molar refractivity (Wildman–Crippen MR) is 186 cm³/mol. The van der Waals surface area contributed by atoms with Gasteiger partial charge in [-0.1, -0.05) is 129 Å². The highest BCUT2D eigenvalue weighted by molar-refractivity contribution is 6.26. The Bertz CT molecular complexity index is 2310. The van der Waals surface area contributed by atoms with E-state index in [0.29, 0.717) is 11.1 Å². The first kappa shape index (κ1) is 27.1. The van der Waals surface area contributed by atoms with E-state index in [1.807, 2.05) is 60.7 Å². The molecular formula is C41H30O3. The van der Waals surface area contributed by atoms with E-state index in [9.17, 15) is 10.2 Å². The molecule has 3 heteroatoms. The molecule has 0 saturated heterocycles. The van der Waals surface area contributed by atoms with Crippen LogP contribution in [0.2, 0.25) is 0 Å². The molecule has 212 valence electrons. The zero-order valence-corrected chi connectivity index (χ0v) is 23.2. The van der Waals surface area contributed by atoms with Gasteiger partial charge in [-0.15, -0.1) is 0 Å². The maximum absolute atomic E-state index is 10.4. The Morgan fingerprint density at radius 3 is 1.07 bits per heavy atom. The minimum atomic E-state index is 0. The van der Waals surface area contributed by atoms with Crippen molar-refractivity contribution in [2.24, 2.45) is 0 Å². The van der Waals surface area contributed by atoms with Gasteiger partial charge in [0.1, 0.15) is 22.7 Å². The lowest BCUT2D eigenvalue weighted by atomic mass is 9.92. The molecule has 9 rings (SSSR count). The van der Waals surface area contributed by atoms with Crippen molar-refractivity contribution in [1.29, 1.82) is 0 Å². The number of hydrogen-bond acceptors (Lipinski definition) is 3. The number of hydrogen-bond donors (Lipinski definition) is 2. The second-order valence-corrected chi connectivity index (χ2v) is 10.8. The summed E-state index contributed by atoms with van der Waals surface area (Å²) in [6, 6.07) is 48.3. The van der Waals surface area contributed by atoms with Crippen molar-refractivity contribution >= 4 is 65.0 Å². The molecule has 0 aliphatic carbocycles. The fourth-order valence-electron chi connectivity index (χ4n) is 6.35. The average molecular weight is 571 g/mol. The molecule has 0 fully saturated rings. The summed E-state index contributed by atoms with van der Waals surface area (Å²) in [6.07, 6.45) is 0. The molecule has 0 radical (unpaired) electrons. The molecule has 9 aromatic rings. The van der Waals surface area contributed by atoms with Crippen molar-refractivity contribution in [3.63, 3.8) is 0 Å². The van der Waals surface area contributed by atoms with Gasteiger partial charge in [-0.3, -0.25) is 0 Å². The zero-order valence-electron chi connectivity index (χ0n) is 23.2. The molecule has 0 bridgehead atoms. The molecule has 0 atom stereocenters. The average Bonchev–Trinajstić information content (AvgIpc) is 3.46. The topological polar surface area (TPSA) is 53.6 Å². The Labute approximate surface area is 254 Å². The molecule has 8 aromatic carbocycles. The summed E-state index contributed by atoms with van der Waals surface area (Å²) in [6.45, 7) is 0. The monoisotopic (exact) mass is 570 g/mol. The van der Waals surface area contributed by atoms with Crippen molar-refractivity contribution in [3.05, 3.63) is 146 Å². The lowest BCUT2D eigenvalue weighted by molar-refractivity contribution is 0.470. The Morgan fingerprint density at radius 2 is 0.659 bits per heavy atom. The van der Waals surface area contributed by atoms with Crippen LogP contribution in [0.4, 0.5) is 0 Å².